The van der Waals surface area contributed by atoms with E-state index in [1.54, 1.807) is 0 Å². The van der Waals surface area contributed by atoms with E-state index in [-0.39, 0.29) is 5.88 Å². The van der Waals surface area contributed by atoms with E-state index in [9.17, 15) is 0 Å². The second-order valence-electron chi connectivity index (χ2n) is 2.31. The van der Waals surface area contributed by atoms with Crippen molar-refractivity contribution in [2.75, 3.05) is 5.88 Å². The zero-order valence-corrected chi connectivity index (χ0v) is 11.1. The molecule has 1 aromatic rings. The minimum Gasteiger partial charge on any atom is -0.386 e. The molecule has 13 heavy (non-hydrogen) atoms. The Kier molecular flexibility index (Phi) is 4.48. The predicted octanol–water partition coefficient (Wildman–Crippen LogP) is 3.28. The van der Waals surface area contributed by atoms with Gasteiger partial charge in [0.25, 0.3) is 0 Å². The molecule has 0 aliphatic heterocycles. The Hall–Kier alpha value is 0.190. The lowest BCUT2D eigenvalue weighted by atomic mass is 10.3. The van der Waals surface area contributed by atoms with E-state index in [4.69, 9.17) is 17.3 Å². The van der Waals surface area contributed by atoms with Crippen LogP contribution in [0.15, 0.2) is 27.7 Å². The maximum Gasteiger partial charge on any atom is 0.115 e. The number of benzene rings is 1. The molecule has 2 N–H and O–H groups in total. The summed E-state index contributed by atoms with van der Waals surface area (Å²) >= 11 is 11.2. The molecular formula is C8H7BrClIN2. The number of rotatable bonds is 2. The quantitative estimate of drug-likeness (QED) is 0.367. The third kappa shape index (κ3) is 3.11. The Morgan fingerprint density at radius 1 is 1.62 bits per heavy atom. The highest BCUT2D eigenvalue weighted by Gasteiger charge is 2.01. The van der Waals surface area contributed by atoms with Crippen LogP contribution in [0.4, 0.5) is 5.69 Å². The van der Waals surface area contributed by atoms with E-state index in [0.717, 1.165) is 13.7 Å². The van der Waals surface area contributed by atoms with Gasteiger partial charge in [0, 0.05) is 3.57 Å². The van der Waals surface area contributed by atoms with Crippen LogP contribution in [0.5, 0.6) is 0 Å². The van der Waals surface area contributed by atoms with Crippen molar-refractivity contribution in [2.45, 2.75) is 0 Å². The molecule has 0 saturated heterocycles. The number of aliphatic imine (C=N–C) groups is 1. The van der Waals surface area contributed by atoms with Crippen molar-refractivity contribution in [1.29, 1.82) is 0 Å². The maximum atomic E-state index is 5.52. The van der Waals surface area contributed by atoms with Crippen molar-refractivity contribution in [1.82, 2.24) is 0 Å². The first-order valence-corrected chi connectivity index (χ1v) is 5.88. The van der Waals surface area contributed by atoms with Gasteiger partial charge in [-0.1, -0.05) is 6.07 Å². The molecule has 0 aliphatic rings. The fourth-order valence-corrected chi connectivity index (χ4v) is 1.66. The Morgan fingerprint density at radius 2 is 2.31 bits per heavy atom. The van der Waals surface area contributed by atoms with Crippen LogP contribution in [0.3, 0.4) is 0 Å². The molecule has 0 atom stereocenters. The fourth-order valence-electron chi connectivity index (χ4n) is 0.763. The van der Waals surface area contributed by atoms with Gasteiger partial charge in [0.1, 0.15) is 5.84 Å². The lowest BCUT2D eigenvalue weighted by molar-refractivity contribution is 1.42. The molecule has 1 rings (SSSR count). The summed E-state index contributed by atoms with van der Waals surface area (Å²) in [7, 11) is 0. The lowest BCUT2D eigenvalue weighted by Gasteiger charge is -2.01. The molecule has 0 radical (unpaired) electrons. The van der Waals surface area contributed by atoms with Crippen molar-refractivity contribution in [3.05, 3.63) is 26.2 Å². The van der Waals surface area contributed by atoms with E-state index < -0.39 is 0 Å². The van der Waals surface area contributed by atoms with Crippen LogP contribution in [-0.2, 0) is 0 Å². The van der Waals surface area contributed by atoms with E-state index in [1.807, 2.05) is 18.2 Å². The third-order valence-electron chi connectivity index (χ3n) is 1.33. The Morgan fingerprint density at radius 3 is 2.92 bits per heavy atom. The third-order valence-corrected chi connectivity index (χ3v) is 4.08. The number of halogens is 3. The van der Waals surface area contributed by atoms with Crippen LogP contribution in [0.25, 0.3) is 0 Å². The number of hydrogen-bond donors (Lipinski definition) is 1. The highest BCUT2D eigenvalue weighted by atomic mass is 127. The van der Waals surface area contributed by atoms with Crippen LogP contribution in [0.2, 0.25) is 0 Å². The topological polar surface area (TPSA) is 38.4 Å². The molecule has 0 amide bonds. The van der Waals surface area contributed by atoms with Crippen molar-refractivity contribution < 1.29 is 0 Å². The van der Waals surface area contributed by atoms with Crippen LogP contribution < -0.4 is 5.73 Å². The van der Waals surface area contributed by atoms with Gasteiger partial charge in [0.15, 0.2) is 0 Å². The molecule has 0 aromatic heterocycles. The fraction of sp³-hybridized carbons (Fsp3) is 0.125. The lowest BCUT2D eigenvalue weighted by Crippen LogP contribution is -2.12. The normalized spacial score (nSPS) is 11.8. The zero-order valence-electron chi connectivity index (χ0n) is 6.60. The first-order chi connectivity index (χ1) is 6.15. The number of amidine groups is 1. The summed E-state index contributed by atoms with van der Waals surface area (Å²) in [4.78, 5) is 4.15. The van der Waals surface area contributed by atoms with Gasteiger partial charge in [-0.05, 0) is 50.7 Å². The van der Waals surface area contributed by atoms with Crippen molar-refractivity contribution in [2.24, 2.45) is 10.7 Å². The largest absolute Gasteiger partial charge is 0.386 e. The smallest absolute Gasteiger partial charge is 0.115 e. The first-order valence-electron chi connectivity index (χ1n) is 3.48. The molecule has 70 valence electrons. The Bertz CT molecular complexity index is 341. The Balaban J connectivity index is 3.09. The van der Waals surface area contributed by atoms with Gasteiger partial charge in [-0.2, -0.15) is 0 Å². The van der Waals surface area contributed by atoms with Gasteiger partial charge >= 0.3 is 0 Å². The summed E-state index contributed by atoms with van der Waals surface area (Å²) in [5.74, 6) is 0.669. The van der Waals surface area contributed by atoms with Crippen molar-refractivity contribution in [3.8, 4) is 0 Å². The van der Waals surface area contributed by atoms with Crippen LogP contribution >= 0.6 is 50.1 Å². The zero-order chi connectivity index (χ0) is 9.84. The average molecular weight is 373 g/mol. The Labute approximate surface area is 104 Å². The van der Waals surface area contributed by atoms with Crippen LogP contribution in [-0.4, -0.2) is 11.7 Å². The predicted molar refractivity (Wildman–Crippen MR) is 68.9 cm³/mol. The SMILES string of the molecule is NC(CCl)=Nc1cccc(I)c1Br. The summed E-state index contributed by atoms with van der Waals surface area (Å²) in [6.07, 6.45) is 0. The molecule has 0 heterocycles. The van der Waals surface area contributed by atoms with Gasteiger partial charge in [0.05, 0.1) is 16.0 Å². The molecule has 0 aliphatic carbocycles. The summed E-state index contributed by atoms with van der Waals surface area (Å²) in [6.45, 7) is 0. The minimum absolute atomic E-state index is 0.248. The molecule has 0 bridgehead atoms. The van der Waals surface area contributed by atoms with Crippen LogP contribution in [0, 0.1) is 3.57 Å². The number of nitrogens with two attached hydrogens (primary N) is 1. The molecule has 0 unspecified atom stereocenters. The molecule has 0 spiro atoms. The van der Waals surface area contributed by atoms with Gasteiger partial charge < -0.3 is 5.73 Å². The van der Waals surface area contributed by atoms with E-state index >= 15 is 0 Å². The summed E-state index contributed by atoms with van der Waals surface area (Å²) < 4.78 is 2.05. The molecule has 5 heteroatoms. The van der Waals surface area contributed by atoms with Crippen molar-refractivity contribution >= 4 is 61.6 Å². The van der Waals surface area contributed by atoms with Crippen molar-refractivity contribution in [3.63, 3.8) is 0 Å². The summed E-state index contributed by atoms with van der Waals surface area (Å²) in [5.41, 5.74) is 6.33. The van der Waals surface area contributed by atoms with E-state index in [1.165, 1.54) is 0 Å². The van der Waals surface area contributed by atoms with Gasteiger partial charge in [-0.3, -0.25) is 0 Å². The molecule has 0 saturated carbocycles. The number of hydrogen-bond acceptors (Lipinski definition) is 1. The first kappa shape index (κ1) is 11.3. The molecule has 2 nitrogen and oxygen atoms in total. The summed E-state index contributed by atoms with van der Waals surface area (Å²) in [5, 5.41) is 0. The molecular weight excluding hydrogens is 366 g/mol. The van der Waals surface area contributed by atoms with Crippen LogP contribution in [0.1, 0.15) is 0 Å². The highest BCUT2D eigenvalue weighted by molar-refractivity contribution is 14.1. The monoisotopic (exact) mass is 372 g/mol. The number of alkyl halides is 1. The highest BCUT2D eigenvalue weighted by Crippen LogP contribution is 2.29. The van der Waals surface area contributed by atoms with Gasteiger partial charge in [-0.15, -0.1) is 11.6 Å². The van der Waals surface area contributed by atoms with E-state index in [0.29, 0.717) is 5.84 Å². The second-order valence-corrected chi connectivity index (χ2v) is 4.53. The molecule has 0 fully saturated rings. The van der Waals surface area contributed by atoms with Gasteiger partial charge in [0.2, 0.25) is 0 Å². The standard InChI is InChI=1S/C8H7BrClIN2/c9-8-5(11)2-1-3-6(8)13-7(12)4-10/h1-3H,4H2,(H2,12,13). The van der Waals surface area contributed by atoms with Gasteiger partial charge in [-0.25, -0.2) is 4.99 Å². The van der Waals surface area contributed by atoms with E-state index in [2.05, 4.69) is 43.5 Å². The molecule has 1 aromatic carbocycles. The maximum absolute atomic E-state index is 5.52. The second kappa shape index (κ2) is 5.17. The minimum atomic E-state index is 0.248. The summed E-state index contributed by atoms with van der Waals surface area (Å²) in [6, 6.07) is 5.79. The number of nitrogens with zero attached hydrogens (tertiary/aromatic N) is 1. The average Bonchev–Trinajstić information content (AvgIpc) is 2.13.